The summed E-state index contributed by atoms with van der Waals surface area (Å²) in [5.74, 6) is -0.347. The lowest BCUT2D eigenvalue weighted by atomic mass is 10.2. The van der Waals surface area contributed by atoms with E-state index in [1.807, 2.05) is 6.08 Å². The fourth-order valence-electron chi connectivity index (χ4n) is 0.713. The molecule has 0 bridgehead atoms. The molecule has 0 aliphatic rings. The molecule has 0 saturated carbocycles. The summed E-state index contributed by atoms with van der Waals surface area (Å²) in [6.45, 7) is 10.8. The predicted molar refractivity (Wildman–Crippen MR) is 61.2 cm³/mol. The number of carbonyl (C=O) groups excluding carboxylic acids is 1. The van der Waals surface area contributed by atoms with E-state index in [2.05, 4.69) is 24.8 Å². The second-order valence-electron chi connectivity index (χ2n) is 3.06. The van der Waals surface area contributed by atoms with Gasteiger partial charge < -0.3 is 4.74 Å². The maximum atomic E-state index is 10.2. The molecule has 0 aliphatic carbocycles. The van der Waals surface area contributed by atoms with Crippen molar-refractivity contribution < 1.29 is 9.53 Å². The van der Waals surface area contributed by atoms with E-state index in [1.165, 1.54) is 32.8 Å². The summed E-state index contributed by atoms with van der Waals surface area (Å²) in [4.78, 5) is 10.2. The van der Waals surface area contributed by atoms with Crippen LogP contribution in [0.1, 0.15) is 39.5 Å². The van der Waals surface area contributed by atoms with Crippen LogP contribution in [-0.4, -0.2) is 13.1 Å². The van der Waals surface area contributed by atoms with Gasteiger partial charge in [-0.25, -0.2) is 4.79 Å². The van der Waals surface area contributed by atoms with Gasteiger partial charge in [-0.15, -0.1) is 6.58 Å². The van der Waals surface area contributed by atoms with E-state index in [9.17, 15) is 4.79 Å². The van der Waals surface area contributed by atoms with Crippen molar-refractivity contribution in [1.82, 2.24) is 0 Å². The van der Waals surface area contributed by atoms with Crippen LogP contribution < -0.4 is 0 Å². The first kappa shape index (κ1) is 15.4. The van der Waals surface area contributed by atoms with Crippen LogP contribution in [0.2, 0.25) is 0 Å². The minimum Gasteiger partial charge on any atom is -0.466 e. The standard InChI is InChI=1S/C7H14.C5H8O2/c1-3-5-7-6-4-2;1-4(2)5(6)7-3/h3H,1,4-7H2,2H3;1H2,2-3H3. The molecule has 0 unspecified atom stereocenters. The monoisotopic (exact) mass is 198 g/mol. The van der Waals surface area contributed by atoms with Gasteiger partial charge in [-0.05, 0) is 19.8 Å². The van der Waals surface area contributed by atoms with E-state index in [-0.39, 0.29) is 5.97 Å². The van der Waals surface area contributed by atoms with Crippen LogP contribution in [-0.2, 0) is 9.53 Å². The van der Waals surface area contributed by atoms with Crippen molar-refractivity contribution in [3.63, 3.8) is 0 Å². The SMILES string of the molecule is C=C(C)C(=O)OC.C=CCCCCC. The summed E-state index contributed by atoms with van der Waals surface area (Å²) in [5.41, 5.74) is 0.433. The van der Waals surface area contributed by atoms with Crippen molar-refractivity contribution in [2.24, 2.45) is 0 Å². The third-order valence-electron chi connectivity index (χ3n) is 1.55. The summed E-state index contributed by atoms with van der Waals surface area (Å²) in [6, 6.07) is 0. The molecule has 0 atom stereocenters. The molecule has 0 radical (unpaired) electrons. The van der Waals surface area contributed by atoms with E-state index in [0.29, 0.717) is 5.57 Å². The topological polar surface area (TPSA) is 26.3 Å². The Labute approximate surface area is 87.7 Å². The quantitative estimate of drug-likeness (QED) is 0.292. The Bertz CT molecular complexity index is 171. The van der Waals surface area contributed by atoms with Crippen LogP contribution in [0.5, 0.6) is 0 Å². The summed E-state index contributed by atoms with van der Waals surface area (Å²) in [5, 5.41) is 0. The van der Waals surface area contributed by atoms with Crippen LogP contribution in [0.15, 0.2) is 24.8 Å². The molecule has 0 aromatic heterocycles. The molecular formula is C12H22O2. The lowest BCUT2D eigenvalue weighted by molar-refractivity contribution is -0.136. The van der Waals surface area contributed by atoms with Crippen molar-refractivity contribution in [2.45, 2.75) is 39.5 Å². The first-order valence-electron chi connectivity index (χ1n) is 4.94. The Kier molecular flexibility index (Phi) is 13.2. The van der Waals surface area contributed by atoms with Gasteiger partial charge >= 0.3 is 5.97 Å². The Morgan fingerprint density at radius 3 is 2.21 bits per heavy atom. The number of carbonyl (C=O) groups is 1. The number of rotatable bonds is 5. The molecule has 0 rings (SSSR count). The normalized spacial score (nSPS) is 8.21. The van der Waals surface area contributed by atoms with Crippen molar-refractivity contribution in [3.8, 4) is 0 Å². The van der Waals surface area contributed by atoms with E-state index in [4.69, 9.17) is 0 Å². The molecule has 14 heavy (non-hydrogen) atoms. The number of allylic oxidation sites excluding steroid dienone is 1. The third-order valence-corrected chi connectivity index (χ3v) is 1.55. The van der Waals surface area contributed by atoms with Crippen LogP contribution >= 0.6 is 0 Å². The number of hydrogen-bond acceptors (Lipinski definition) is 2. The van der Waals surface area contributed by atoms with E-state index in [0.717, 1.165) is 0 Å². The highest BCUT2D eigenvalue weighted by Crippen LogP contribution is 1.97. The number of unbranched alkanes of at least 4 members (excludes halogenated alkanes) is 3. The molecule has 82 valence electrons. The van der Waals surface area contributed by atoms with Gasteiger partial charge in [0.2, 0.25) is 0 Å². The van der Waals surface area contributed by atoms with E-state index < -0.39 is 0 Å². The summed E-state index contributed by atoms with van der Waals surface area (Å²) >= 11 is 0. The van der Waals surface area contributed by atoms with Gasteiger partial charge in [-0.2, -0.15) is 0 Å². The first-order valence-corrected chi connectivity index (χ1v) is 4.94. The van der Waals surface area contributed by atoms with Crippen molar-refractivity contribution >= 4 is 5.97 Å². The smallest absolute Gasteiger partial charge is 0.332 e. The molecule has 0 fully saturated rings. The van der Waals surface area contributed by atoms with Gasteiger partial charge in [0, 0.05) is 5.57 Å². The summed E-state index contributed by atoms with van der Waals surface area (Å²) in [6.07, 6.45) is 7.16. The maximum absolute atomic E-state index is 10.2. The summed E-state index contributed by atoms with van der Waals surface area (Å²) in [7, 11) is 1.33. The van der Waals surface area contributed by atoms with Gasteiger partial charge in [-0.1, -0.05) is 32.4 Å². The molecule has 0 aliphatic heterocycles. The fraction of sp³-hybridized carbons (Fsp3) is 0.583. The van der Waals surface area contributed by atoms with Gasteiger partial charge in [0.15, 0.2) is 0 Å². The molecule has 0 amide bonds. The average molecular weight is 198 g/mol. The summed E-state index contributed by atoms with van der Waals surface area (Å²) < 4.78 is 4.27. The van der Waals surface area contributed by atoms with Crippen molar-refractivity contribution in [1.29, 1.82) is 0 Å². The van der Waals surface area contributed by atoms with Gasteiger partial charge in [0.05, 0.1) is 7.11 Å². The zero-order valence-corrected chi connectivity index (χ0v) is 9.64. The number of ether oxygens (including phenoxy) is 1. The highest BCUT2D eigenvalue weighted by Gasteiger charge is 1.95. The van der Waals surface area contributed by atoms with E-state index in [1.54, 1.807) is 6.92 Å². The number of hydrogen-bond donors (Lipinski definition) is 0. The Morgan fingerprint density at radius 2 is 2.00 bits per heavy atom. The molecule has 2 heteroatoms. The Morgan fingerprint density at radius 1 is 1.43 bits per heavy atom. The number of methoxy groups -OCH3 is 1. The molecule has 0 aromatic carbocycles. The first-order chi connectivity index (χ1) is 6.59. The highest BCUT2D eigenvalue weighted by atomic mass is 16.5. The van der Waals surface area contributed by atoms with E-state index >= 15 is 0 Å². The Balaban J connectivity index is 0. The molecule has 0 N–H and O–H groups in total. The number of esters is 1. The van der Waals surface area contributed by atoms with Gasteiger partial charge in [-0.3, -0.25) is 0 Å². The lowest BCUT2D eigenvalue weighted by Crippen LogP contribution is -1.98. The Hall–Kier alpha value is -1.05. The van der Waals surface area contributed by atoms with Gasteiger partial charge in [0.1, 0.15) is 0 Å². The van der Waals surface area contributed by atoms with Crippen LogP contribution in [0.25, 0.3) is 0 Å². The van der Waals surface area contributed by atoms with Crippen molar-refractivity contribution in [3.05, 3.63) is 24.8 Å². The molecule has 2 nitrogen and oxygen atoms in total. The molecular weight excluding hydrogens is 176 g/mol. The average Bonchev–Trinajstić information content (AvgIpc) is 2.18. The highest BCUT2D eigenvalue weighted by molar-refractivity contribution is 5.86. The largest absolute Gasteiger partial charge is 0.466 e. The zero-order chi connectivity index (χ0) is 11.4. The molecule has 0 heterocycles. The predicted octanol–water partition coefficient (Wildman–Crippen LogP) is 3.49. The van der Waals surface area contributed by atoms with Crippen LogP contribution in [0.3, 0.4) is 0 Å². The minimum absolute atomic E-state index is 0.347. The maximum Gasteiger partial charge on any atom is 0.332 e. The molecule has 0 saturated heterocycles. The van der Waals surface area contributed by atoms with Crippen LogP contribution in [0, 0.1) is 0 Å². The lowest BCUT2D eigenvalue weighted by Gasteiger charge is -1.91. The minimum atomic E-state index is -0.347. The van der Waals surface area contributed by atoms with Crippen LogP contribution in [0.4, 0.5) is 0 Å². The molecule has 0 aromatic rings. The second-order valence-corrected chi connectivity index (χ2v) is 3.06. The third kappa shape index (κ3) is 13.5. The zero-order valence-electron chi connectivity index (χ0n) is 9.64. The van der Waals surface area contributed by atoms with Gasteiger partial charge in [0.25, 0.3) is 0 Å². The molecule has 0 spiro atoms. The second kappa shape index (κ2) is 11.9. The fourth-order valence-corrected chi connectivity index (χ4v) is 0.713. The van der Waals surface area contributed by atoms with Crippen molar-refractivity contribution in [2.75, 3.05) is 7.11 Å².